The van der Waals surface area contributed by atoms with Crippen molar-refractivity contribution < 1.29 is 34.4 Å². The average Bonchev–Trinajstić information content (AvgIpc) is 3.73. The molecule has 0 fully saturated rings. The van der Waals surface area contributed by atoms with Gasteiger partial charge in [-0.2, -0.15) is 0 Å². The molecular formula is C49H60IrNO3S-. The number of aryl methyl sites for hydroxylation is 1. The minimum atomic E-state index is -0.337. The van der Waals surface area contributed by atoms with Crippen LogP contribution in [0, 0.1) is 29.7 Å². The van der Waals surface area contributed by atoms with Crippen LogP contribution in [0.5, 0.6) is 0 Å². The quantitative estimate of drug-likeness (QED) is 0.0799. The van der Waals surface area contributed by atoms with Crippen LogP contribution in [0.15, 0.2) is 83.1 Å². The SMILES string of the molecule is CCC(C)(CC)C(=O)/C=C(\O)C(C)(CC)CC.Cc1sc2c(-c3cc4c(-c5[c-]c6ccccc6c(C(C)(C)C)c5)nccc4o3)cccc2c1CC(C)C.[Ir]. The van der Waals surface area contributed by atoms with Gasteiger partial charge < -0.3 is 9.52 Å². The molecule has 295 valence electrons. The van der Waals surface area contributed by atoms with Gasteiger partial charge in [0.1, 0.15) is 17.1 Å². The van der Waals surface area contributed by atoms with Gasteiger partial charge in [-0.1, -0.05) is 117 Å². The van der Waals surface area contributed by atoms with Crippen molar-refractivity contribution >= 4 is 48.9 Å². The van der Waals surface area contributed by atoms with Gasteiger partial charge in [0.25, 0.3) is 0 Å². The first kappa shape index (κ1) is 44.1. The summed E-state index contributed by atoms with van der Waals surface area (Å²) in [4.78, 5) is 18.4. The van der Waals surface area contributed by atoms with Gasteiger partial charge in [-0.3, -0.25) is 9.78 Å². The Kier molecular flexibility index (Phi) is 14.2. The fraction of sp³-hybridized carbons (Fsp3) is 0.429. The van der Waals surface area contributed by atoms with Crippen molar-refractivity contribution in [3.8, 4) is 22.6 Å². The maximum absolute atomic E-state index is 12.2. The van der Waals surface area contributed by atoms with Crippen LogP contribution in [0.4, 0.5) is 0 Å². The van der Waals surface area contributed by atoms with Crippen molar-refractivity contribution in [2.24, 2.45) is 16.7 Å². The Bertz CT molecular complexity index is 2290. The molecule has 0 amide bonds. The van der Waals surface area contributed by atoms with Crippen molar-refractivity contribution in [1.82, 2.24) is 4.98 Å². The number of hydrogen-bond acceptors (Lipinski definition) is 5. The number of nitrogens with zero attached hydrogens (tertiary/aromatic N) is 1. The van der Waals surface area contributed by atoms with Gasteiger partial charge in [0.2, 0.25) is 0 Å². The molecule has 0 atom stereocenters. The molecule has 0 saturated heterocycles. The largest absolute Gasteiger partial charge is 0.512 e. The number of aliphatic hydroxyl groups is 1. The number of carbonyl (C=O) groups excluding carboxylic acids is 1. The molecule has 0 bridgehead atoms. The van der Waals surface area contributed by atoms with Crippen LogP contribution >= 0.6 is 11.3 Å². The number of ketones is 1. The molecule has 1 radical (unpaired) electrons. The fourth-order valence-corrected chi connectivity index (χ4v) is 8.32. The second-order valence-electron chi connectivity index (χ2n) is 16.9. The summed E-state index contributed by atoms with van der Waals surface area (Å²) in [5.74, 6) is 1.80. The first-order valence-electron chi connectivity index (χ1n) is 19.8. The standard InChI is InChI=1S/C34H32NOS.C15H28O2.Ir/c1-20(2)16-27-21(3)37-33-25(27)12-9-13-26(33)31-19-28-30(36-31)14-15-35-32(28)23-17-22-10-7-8-11-24(22)29(18-23)34(4,5)6;1-7-14(5,8-2)12(16)11-13(17)15(6,9-3)10-4;/h7-15,18-20H,16H2,1-6H3;11,16H,7-10H2,1-6H3;/q-1;;/b;12-11-;. The van der Waals surface area contributed by atoms with Crippen LogP contribution in [0.1, 0.15) is 118 Å². The Balaban J connectivity index is 0.000000320. The van der Waals surface area contributed by atoms with Crippen LogP contribution in [0.2, 0.25) is 0 Å². The Morgan fingerprint density at radius 1 is 0.873 bits per heavy atom. The third kappa shape index (κ3) is 9.19. The summed E-state index contributed by atoms with van der Waals surface area (Å²) in [6, 6.07) is 25.2. The molecular weight excluding hydrogens is 875 g/mol. The fourth-order valence-electron chi connectivity index (χ4n) is 7.12. The van der Waals surface area contributed by atoms with Crippen molar-refractivity contribution in [2.45, 2.75) is 121 Å². The number of fused-ring (bicyclic) bond motifs is 3. The Hall–Kier alpha value is -3.57. The van der Waals surface area contributed by atoms with Gasteiger partial charge in [-0.15, -0.1) is 40.5 Å². The summed E-state index contributed by atoms with van der Waals surface area (Å²) in [5, 5.41) is 14.9. The molecule has 0 spiro atoms. The molecule has 0 aliphatic carbocycles. The zero-order chi connectivity index (χ0) is 39.6. The average molecular weight is 935 g/mol. The smallest absolute Gasteiger partial charge is 0.164 e. The Morgan fingerprint density at radius 2 is 1.51 bits per heavy atom. The Morgan fingerprint density at radius 3 is 2.13 bits per heavy atom. The van der Waals surface area contributed by atoms with E-state index in [0.29, 0.717) is 5.92 Å². The van der Waals surface area contributed by atoms with Crippen molar-refractivity contribution in [2.75, 3.05) is 0 Å². The van der Waals surface area contributed by atoms with Crippen LogP contribution < -0.4 is 0 Å². The van der Waals surface area contributed by atoms with Crippen molar-refractivity contribution in [1.29, 1.82) is 0 Å². The van der Waals surface area contributed by atoms with E-state index in [1.165, 1.54) is 37.6 Å². The summed E-state index contributed by atoms with van der Waals surface area (Å²) in [6.07, 6.45) is 7.70. The van der Waals surface area contributed by atoms with E-state index in [9.17, 15) is 9.90 Å². The van der Waals surface area contributed by atoms with E-state index in [4.69, 9.17) is 9.40 Å². The van der Waals surface area contributed by atoms with E-state index in [0.717, 1.165) is 71.0 Å². The van der Waals surface area contributed by atoms with Gasteiger partial charge in [0.15, 0.2) is 5.78 Å². The molecule has 4 nitrogen and oxygen atoms in total. The number of rotatable bonds is 11. The monoisotopic (exact) mass is 935 g/mol. The molecule has 0 unspecified atom stereocenters. The molecule has 0 aliphatic rings. The second kappa shape index (κ2) is 17.7. The number of aliphatic hydroxyl groups excluding tert-OH is 1. The molecule has 55 heavy (non-hydrogen) atoms. The maximum Gasteiger partial charge on any atom is 0.164 e. The van der Waals surface area contributed by atoms with E-state index in [1.54, 1.807) is 0 Å². The van der Waals surface area contributed by atoms with E-state index < -0.39 is 0 Å². The van der Waals surface area contributed by atoms with Crippen molar-refractivity contribution in [3.63, 3.8) is 0 Å². The number of aromatic nitrogens is 1. The minimum Gasteiger partial charge on any atom is -0.512 e. The molecule has 1 N–H and O–H groups in total. The molecule has 6 heteroatoms. The molecule has 3 aromatic carbocycles. The van der Waals surface area contributed by atoms with Gasteiger partial charge in [0, 0.05) is 69.4 Å². The van der Waals surface area contributed by atoms with Crippen molar-refractivity contribution in [3.05, 3.63) is 101 Å². The van der Waals surface area contributed by atoms with Crippen LogP contribution in [0.25, 0.3) is 54.4 Å². The zero-order valence-corrected chi connectivity index (χ0v) is 38.2. The first-order valence-corrected chi connectivity index (χ1v) is 20.6. The van der Waals surface area contributed by atoms with Crippen LogP contribution in [-0.4, -0.2) is 15.9 Å². The van der Waals surface area contributed by atoms with E-state index in [1.807, 2.05) is 65.1 Å². The summed E-state index contributed by atoms with van der Waals surface area (Å²) < 4.78 is 7.79. The number of benzene rings is 3. The normalized spacial score (nSPS) is 12.6. The zero-order valence-electron chi connectivity index (χ0n) is 35.0. The summed E-state index contributed by atoms with van der Waals surface area (Å²) in [6.45, 7) is 25.7. The Labute approximate surface area is 347 Å². The molecule has 3 aromatic heterocycles. The molecule has 6 aromatic rings. The number of hydrogen-bond donors (Lipinski definition) is 1. The van der Waals surface area contributed by atoms with Gasteiger partial charge in [-0.05, 0) is 79.5 Å². The van der Waals surface area contributed by atoms with E-state index >= 15 is 0 Å². The number of furan rings is 1. The summed E-state index contributed by atoms with van der Waals surface area (Å²) >= 11 is 1.88. The third-order valence-corrected chi connectivity index (χ3v) is 13.0. The molecule has 6 rings (SSSR count). The van der Waals surface area contributed by atoms with Crippen LogP contribution in [-0.2, 0) is 36.7 Å². The molecule has 0 aliphatic heterocycles. The van der Waals surface area contributed by atoms with E-state index in [2.05, 4.69) is 102 Å². The predicted molar refractivity (Wildman–Crippen MR) is 232 cm³/mol. The number of allylic oxidation sites excluding steroid dienone is 2. The first-order chi connectivity index (χ1) is 25.5. The van der Waals surface area contributed by atoms with Gasteiger partial charge in [0.05, 0.1) is 0 Å². The summed E-state index contributed by atoms with van der Waals surface area (Å²) in [7, 11) is 0. The minimum absolute atomic E-state index is 0. The third-order valence-electron chi connectivity index (χ3n) is 11.8. The molecule has 0 saturated carbocycles. The van der Waals surface area contributed by atoms with Gasteiger partial charge in [-0.25, -0.2) is 0 Å². The number of carbonyl (C=O) groups is 1. The van der Waals surface area contributed by atoms with Gasteiger partial charge >= 0.3 is 0 Å². The van der Waals surface area contributed by atoms with E-state index in [-0.39, 0.29) is 47.9 Å². The molecule has 3 heterocycles. The second-order valence-corrected chi connectivity index (χ2v) is 18.1. The number of thiophene rings is 1. The van der Waals surface area contributed by atoms with Crippen LogP contribution in [0.3, 0.4) is 0 Å². The topological polar surface area (TPSA) is 63.3 Å². The summed E-state index contributed by atoms with van der Waals surface area (Å²) in [5.41, 5.74) is 6.09. The predicted octanol–water partition coefficient (Wildman–Crippen LogP) is 14.8. The maximum atomic E-state index is 12.2. The number of pyridine rings is 1.